The van der Waals surface area contributed by atoms with Crippen LogP contribution in [0.15, 0.2) is 53.9 Å². The third kappa shape index (κ3) is 4.27. The van der Waals surface area contributed by atoms with E-state index in [0.29, 0.717) is 16.5 Å². The number of rotatable bonds is 6. The standard InChI is InChI=1S/C24H21N3O5S/c1-14-9-10-19-20(11-14)22(30)26(21(19)29)15(2)23(31)32-12-17-13-33-24(25-17)27(16(3)28)18-7-5-4-6-8-18/h4-11,13,15H,12H2,1-3H3. The molecule has 0 aliphatic carbocycles. The first-order valence-corrected chi connectivity index (χ1v) is 11.1. The second kappa shape index (κ2) is 8.95. The lowest BCUT2D eigenvalue weighted by atomic mass is 10.1. The summed E-state index contributed by atoms with van der Waals surface area (Å²) in [7, 11) is 0. The first-order valence-electron chi connectivity index (χ1n) is 10.2. The second-order valence-electron chi connectivity index (χ2n) is 7.62. The van der Waals surface area contributed by atoms with Gasteiger partial charge in [0.05, 0.1) is 22.5 Å². The number of imide groups is 1. The number of hydrogen-bond donors (Lipinski definition) is 0. The smallest absolute Gasteiger partial charge is 0.329 e. The lowest BCUT2D eigenvalue weighted by Gasteiger charge is -2.20. The van der Waals surface area contributed by atoms with Gasteiger partial charge in [-0.1, -0.05) is 29.8 Å². The van der Waals surface area contributed by atoms with Gasteiger partial charge in [0.25, 0.3) is 11.8 Å². The van der Waals surface area contributed by atoms with Gasteiger partial charge in [-0.3, -0.25) is 24.2 Å². The number of esters is 1. The largest absolute Gasteiger partial charge is 0.458 e. The third-order valence-corrected chi connectivity index (χ3v) is 6.10. The minimum atomic E-state index is -1.09. The molecule has 0 spiro atoms. The van der Waals surface area contributed by atoms with Crippen LogP contribution >= 0.6 is 11.3 Å². The highest BCUT2D eigenvalue weighted by molar-refractivity contribution is 7.14. The van der Waals surface area contributed by atoms with Crippen LogP contribution in [0.25, 0.3) is 0 Å². The second-order valence-corrected chi connectivity index (χ2v) is 8.46. The number of thiazole rings is 1. The van der Waals surface area contributed by atoms with Crippen LogP contribution in [0, 0.1) is 6.92 Å². The first kappa shape index (κ1) is 22.3. The van der Waals surface area contributed by atoms with Gasteiger partial charge in [-0.25, -0.2) is 9.78 Å². The number of hydrogen-bond acceptors (Lipinski definition) is 7. The summed E-state index contributed by atoms with van der Waals surface area (Å²) in [5, 5.41) is 2.14. The number of carbonyl (C=O) groups is 4. The Morgan fingerprint density at radius 1 is 1.09 bits per heavy atom. The van der Waals surface area contributed by atoms with Crippen molar-refractivity contribution in [1.29, 1.82) is 0 Å². The highest BCUT2D eigenvalue weighted by Crippen LogP contribution is 2.29. The summed E-state index contributed by atoms with van der Waals surface area (Å²) in [6, 6.07) is 13.0. The predicted octanol–water partition coefficient (Wildman–Crippen LogP) is 3.86. The van der Waals surface area contributed by atoms with Crippen LogP contribution in [0.5, 0.6) is 0 Å². The average molecular weight is 464 g/mol. The van der Waals surface area contributed by atoms with Crippen molar-refractivity contribution in [3.63, 3.8) is 0 Å². The quantitative estimate of drug-likeness (QED) is 0.407. The number of ether oxygens (including phenoxy) is 1. The van der Waals surface area contributed by atoms with Crippen molar-refractivity contribution in [2.24, 2.45) is 0 Å². The summed E-state index contributed by atoms with van der Waals surface area (Å²) in [5.41, 5.74) is 2.54. The molecule has 0 radical (unpaired) electrons. The fourth-order valence-electron chi connectivity index (χ4n) is 3.57. The molecule has 2 aromatic carbocycles. The molecule has 1 aliphatic rings. The summed E-state index contributed by atoms with van der Waals surface area (Å²) in [4.78, 5) is 57.0. The van der Waals surface area contributed by atoms with Gasteiger partial charge >= 0.3 is 5.97 Å². The number of fused-ring (bicyclic) bond motifs is 1. The normalized spacial score (nSPS) is 13.6. The summed E-state index contributed by atoms with van der Waals surface area (Å²) in [6.07, 6.45) is 0. The van der Waals surface area contributed by atoms with Crippen molar-refractivity contribution in [1.82, 2.24) is 9.88 Å². The number of amides is 3. The molecular formula is C24H21N3O5S. The van der Waals surface area contributed by atoms with Gasteiger partial charge in [0, 0.05) is 12.3 Å². The SMILES string of the molecule is CC(=O)N(c1ccccc1)c1nc(COC(=O)C(C)N2C(=O)c3ccc(C)cc3C2=O)cs1. The van der Waals surface area contributed by atoms with E-state index in [1.54, 1.807) is 35.7 Å². The fraction of sp³-hybridized carbons (Fsp3) is 0.208. The molecule has 0 saturated carbocycles. The number of aryl methyl sites for hydroxylation is 1. The molecule has 2 heterocycles. The van der Waals surface area contributed by atoms with Gasteiger partial charge in [0.1, 0.15) is 12.6 Å². The van der Waals surface area contributed by atoms with E-state index >= 15 is 0 Å². The molecule has 0 bridgehead atoms. The monoisotopic (exact) mass is 463 g/mol. The van der Waals surface area contributed by atoms with Gasteiger partial charge < -0.3 is 4.74 Å². The molecule has 4 rings (SSSR count). The Labute approximate surface area is 194 Å². The minimum Gasteiger partial charge on any atom is -0.458 e. The zero-order valence-corrected chi connectivity index (χ0v) is 19.1. The lowest BCUT2D eigenvalue weighted by Crippen LogP contribution is -2.43. The Balaban J connectivity index is 1.44. The van der Waals surface area contributed by atoms with Gasteiger partial charge in [0.2, 0.25) is 5.91 Å². The zero-order chi connectivity index (χ0) is 23.7. The third-order valence-electron chi connectivity index (χ3n) is 5.22. The minimum absolute atomic E-state index is 0.150. The number of carbonyl (C=O) groups excluding carboxylic acids is 4. The highest BCUT2D eigenvalue weighted by Gasteiger charge is 2.41. The molecular weight excluding hydrogens is 442 g/mol. The number of nitrogens with zero attached hydrogens (tertiary/aromatic N) is 3. The first-order chi connectivity index (χ1) is 15.8. The van der Waals surface area contributed by atoms with Crippen LogP contribution in [-0.4, -0.2) is 39.6 Å². The highest BCUT2D eigenvalue weighted by atomic mass is 32.1. The molecule has 1 aliphatic heterocycles. The maximum Gasteiger partial charge on any atom is 0.329 e. The molecule has 0 fully saturated rings. The Hall–Kier alpha value is -3.85. The van der Waals surface area contributed by atoms with E-state index in [9.17, 15) is 19.2 Å². The molecule has 1 aromatic heterocycles. The van der Waals surface area contributed by atoms with E-state index in [0.717, 1.165) is 10.5 Å². The van der Waals surface area contributed by atoms with E-state index in [4.69, 9.17) is 4.74 Å². The van der Waals surface area contributed by atoms with Crippen LogP contribution in [0.2, 0.25) is 0 Å². The molecule has 8 nitrogen and oxygen atoms in total. The Bertz CT molecular complexity index is 1250. The average Bonchev–Trinajstić information content (AvgIpc) is 3.34. The van der Waals surface area contributed by atoms with Gasteiger partial charge in [-0.05, 0) is 38.1 Å². The van der Waals surface area contributed by atoms with E-state index in [-0.39, 0.29) is 23.6 Å². The van der Waals surface area contributed by atoms with Crippen molar-refractivity contribution in [3.05, 3.63) is 76.3 Å². The van der Waals surface area contributed by atoms with Crippen molar-refractivity contribution in [2.75, 3.05) is 4.90 Å². The van der Waals surface area contributed by atoms with Crippen molar-refractivity contribution >= 4 is 45.8 Å². The zero-order valence-electron chi connectivity index (χ0n) is 18.3. The Morgan fingerprint density at radius 3 is 2.48 bits per heavy atom. The number of benzene rings is 2. The topological polar surface area (TPSA) is 96.9 Å². The number of aromatic nitrogens is 1. The van der Waals surface area contributed by atoms with Gasteiger partial charge in [-0.2, -0.15) is 0 Å². The maximum atomic E-state index is 12.7. The van der Waals surface area contributed by atoms with Crippen LogP contribution in [0.1, 0.15) is 45.8 Å². The van der Waals surface area contributed by atoms with Crippen LogP contribution in [0.3, 0.4) is 0 Å². The van der Waals surface area contributed by atoms with Crippen molar-refractivity contribution in [3.8, 4) is 0 Å². The molecule has 1 unspecified atom stereocenters. The molecule has 0 N–H and O–H groups in total. The summed E-state index contributed by atoms with van der Waals surface area (Å²) >= 11 is 1.24. The number of anilines is 2. The molecule has 0 saturated heterocycles. The van der Waals surface area contributed by atoms with Gasteiger partial charge in [0.15, 0.2) is 5.13 Å². The van der Waals surface area contributed by atoms with Crippen LogP contribution < -0.4 is 4.90 Å². The molecule has 3 amide bonds. The summed E-state index contributed by atoms with van der Waals surface area (Å²) in [5.74, 6) is -1.95. The van der Waals surface area contributed by atoms with E-state index in [2.05, 4.69) is 4.98 Å². The van der Waals surface area contributed by atoms with E-state index in [1.165, 1.54) is 30.1 Å². The van der Waals surface area contributed by atoms with E-state index in [1.807, 2.05) is 25.1 Å². The summed E-state index contributed by atoms with van der Waals surface area (Å²) in [6.45, 7) is 4.57. The Morgan fingerprint density at radius 2 is 1.79 bits per heavy atom. The van der Waals surface area contributed by atoms with Crippen LogP contribution in [0.4, 0.5) is 10.8 Å². The van der Waals surface area contributed by atoms with Gasteiger partial charge in [-0.15, -0.1) is 11.3 Å². The predicted molar refractivity (Wildman–Crippen MR) is 122 cm³/mol. The maximum absolute atomic E-state index is 12.7. The van der Waals surface area contributed by atoms with Crippen molar-refractivity contribution in [2.45, 2.75) is 33.4 Å². The van der Waals surface area contributed by atoms with Crippen molar-refractivity contribution < 1.29 is 23.9 Å². The lowest BCUT2D eigenvalue weighted by molar-refractivity contribution is -0.149. The molecule has 1 atom stereocenters. The molecule has 33 heavy (non-hydrogen) atoms. The van der Waals surface area contributed by atoms with E-state index < -0.39 is 23.8 Å². The molecule has 168 valence electrons. The molecule has 3 aromatic rings. The summed E-state index contributed by atoms with van der Waals surface area (Å²) < 4.78 is 5.34. The Kier molecular flexibility index (Phi) is 6.06. The number of para-hydroxylation sites is 1. The van der Waals surface area contributed by atoms with Crippen LogP contribution in [-0.2, 0) is 20.9 Å². The molecule has 9 heteroatoms. The fourth-order valence-corrected chi connectivity index (χ4v) is 4.44.